The Morgan fingerprint density at radius 3 is 2.95 bits per heavy atom. The lowest BCUT2D eigenvalue weighted by Crippen LogP contribution is -2.50. The van der Waals surface area contributed by atoms with E-state index >= 15 is 0 Å². The van der Waals surface area contributed by atoms with E-state index in [9.17, 15) is 0 Å². The van der Waals surface area contributed by atoms with E-state index in [-0.39, 0.29) is 0 Å². The highest BCUT2D eigenvalue weighted by molar-refractivity contribution is 7.07. The maximum atomic E-state index is 6.04. The molecule has 1 aromatic rings. The van der Waals surface area contributed by atoms with Crippen LogP contribution in [0.15, 0.2) is 16.8 Å². The zero-order valence-electron chi connectivity index (χ0n) is 13.5. The predicted octanol–water partition coefficient (Wildman–Crippen LogP) is 3.07. The van der Waals surface area contributed by atoms with Gasteiger partial charge in [-0.2, -0.15) is 11.3 Å². The fraction of sp³-hybridized carbons (Fsp3) is 0.778. The summed E-state index contributed by atoms with van der Waals surface area (Å²) in [7, 11) is 0. The molecule has 1 aliphatic carbocycles. The van der Waals surface area contributed by atoms with Crippen molar-refractivity contribution in [1.82, 2.24) is 9.80 Å². The van der Waals surface area contributed by atoms with Crippen molar-refractivity contribution < 1.29 is 4.74 Å². The second kappa shape index (κ2) is 6.60. The first-order chi connectivity index (χ1) is 10.8. The first kappa shape index (κ1) is 15.1. The van der Waals surface area contributed by atoms with E-state index < -0.39 is 0 Å². The molecule has 1 saturated carbocycles. The van der Waals surface area contributed by atoms with Crippen LogP contribution in [-0.4, -0.2) is 55.7 Å². The molecule has 4 heteroatoms. The Bertz CT molecular complexity index is 473. The second-order valence-corrected chi connectivity index (χ2v) is 8.46. The Morgan fingerprint density at radius 1 is 1.23 bits per heavy atom. The molecule has 0 bridgehead atoms. The number of hydrogen-bond acceptors (Lipinski definition) is 4. The van der Waals surface area contributed by atoms with Gasteiger partial charge in [0.25, 0.3) is 0 Å². The summed E-state index contributed by atoms with van der Waals surface area (Å²) in [5, 5.41) is 4.49. The van der Waals surface area contributed by atoms with Gasteiger partial charge in [-0.3, -0.25) is 4.90 Å². The minimum atomic E-state index is 0.375. The lowest BCUT2D eigenvalue weighted by molar-refractivity contribution is 0.00278. The fourth-order valence-electron chi connectivity index (χ4n) is 4.24. The molecule has 122 valence electrons. The summed E-state index contributed by atoms with van der Waals surface area (Å²) in [4.78, 5) is 5.37. The van der Waals surface area contributed by atoms with Crippen LogP contribution in [0.4, 0.5) is 0 Å². The number of likely N-dealkylation sites (tertiary alicyclic amines) is 1. The molecule has 3 heterocycles. The molecular formula is C18H28N2OS. The number of rotatable bonds is 4. The zero-order valence-corrected chi connectivity index (χ0v) is 14.3. The van der Waals surface area contributed by atoms with Gasteiger partial charge in [0.05, 0.1) is 13.2 Å². The van der Waals surface area contributed by atoms with E-state index in [1.54, 1.807) is 0 Å². The summed E-state index contributed by atoms with van der Waals surface area (Å²) >= 11 is 1.81. The Kier molecular flexibility index (Phi) is 4.54. The molecule has 3 nitrogen and oxygen atoms in total. The molecule has 0 radical (unpaired) electrons. The highest BCUT2D eigenvalue weighted by Crippen LogP contribution is 2.36. The molecule has 0 N–H and O–H groups in total. The first-order valence-electron chi connectivity index (χ1n) is 8.85. The van der Waals surface area contributed by atoms with Gasteiger partial charge in [0.15, 0.2) is 0 Å². The van der Waals surface area contributed by atoms with Gasteiger partial charge in [0, 0.05) is 38.1 Å². The third-order valence-electron chi connectivity index (χ3n) is 5.46. The average Bonchev–Trinajstić information content (AvgIpc) is 3.22. The van der Waals surface area contributed by atoms with Crippen molar-refractivity contribution in [2.24, 2.45) is 11.3 Å². The van der Waals surface area contributed by atoms with E-state index in [1.165, 1.54) is 57.4 Å². The van der Waals surface area contributed by atoms with E-state index in [0.717, 1.165) is 32.2 Å². The normalized spacial score (nSPS) is 31.5. The maximum absolute atomic E-state index is 6.04. The molecule has 22 heavy (non-hydrogen) atoms. The van der Waals surface area contributed by atoms with Crippen LogP contribution in [0.3, 0.4) is 0 Å². The van der Waals surface area contributed by atoms with Crippen molar-refractivity contribution in [1.29, 1.82) is 0 Å². The molecule has 2 saturated heterocycles. The highest BCUT2D eigenvalue weighted by atomic mass is 32.1. The standard InChI is InChI=1S/C18H28N2OS/c1-5-18(13-19(6-1)11-17-4-9-22-12-17)14-20(7-8-21-15-18)10-16-2-3-16/h4,9,12,16H,1-3,5-8,10-11,13-15H2/t18-/m0/s1. The molecule has 0 amide bonds. The van der Waals surface area contributed by atoms with Crippen LogP contribution in [0.5, 0.6) is 0 Å². The van der Waals surface area contributed by atoms with Crippen LogP contribution in [0.2, 0.25) is 0 Å². The highest BCUT2D eigenvalue weighted by Gasteiger charge is 2.39. The van der Waals surface area contributed by atoms with Gasteiger partial charge in [-0.05, 0) is 60.5 Å². The second-order valence-electron chi connectivity index (χ2n) is 7.68. The molecule has 3 aliphatic rings. The van der Waals surface area contributed by atoms with Crippen LogP contribution in [0.1, 0.15) is 31.2 Å². The Hall–Kier alpha value is -0.420. The summed E-state index contributed by atoms with van der Waals surface area (Å²) in [5.74, 6) is 0.987. The number of hydrogen-bond donors (Lipinski definition) is 0. The number of piperidine rings is 1. The monoisotopic (exact) mass is 320 g/mol. The van der Waals surface area contributed by atoms with Gasteiger partial charge in [-0.1, -0.05) is 0 Å². The van der Waals surface area contributed by atoms with Gasteiger partial charge >= 0.3 is 0 Å². The predicted molar refractivity (Wildman–Crippen MR) is 91.2 cm³/mol. The van der Waals surface area contributed by atoms with Crippen molar-refractivity contribution >= 4 is 11.3 Å². The lowest BCUT2D eigenvalue weighted by atomic mass is 9.80. The van der Waals surface area contributed by atoms with Crippen LogP contribution in [0.25, 0.3) is 0 Å². The number of thiophene rings is 1. The topological polar surface area (TPSA) is 15.7 Å². The third kappa shape index (κ3) is 3.73. The molecule has 1 atom stereocenters. The van der Waals surface area contributed by atoms with Crippen molar-refractivity contribution in [3.8, 4) is 0 Å². The quantitative estimate of drug-likeness (QED) is 0.848. The molecule has 3 fully saturated rings. The van der Waals surface area contributed by atoms with Crippen LogP contribution >= 0.6 is 11.3 Å². The molecule has 2 aliphatic heterocycles. The largest absolute Gasteiger partial charge is 0.379 e. The van der Waals surface area contributed by atoms with E-state index in [1.807, 2.05) is 11.3 Å². The molecule has 0 aromatic carbocycles. The molecule has 1 spiro atoms. The Labute approximate surface area is 138 Å². The van der Waals surface area contributed by atoms with Crippen LogP contribution < -0.4 is 0 Å². The van der Waals surface area contributed by atoms with Crippen molar-refractivity contribution in [3.05, 3.63) is 22.4 Å². The average molecular weight is 321 g/mol. The summed E-state index contributed by atoms with van der Waals surface area (Å²) < 4.78 is 6.04. The van der Waals surface area contributed by atoms with Gasteiger partial charge in [-0.15, -0.1) is 0 Å². The number of ether oxygens (including phenoxy) is 1. The van der Waals surface area contributed by atoms with Crippen molar-refractivity contribution in [3.63, 3.8) is 0 Å². The fourth-order valence-corrected chi connectivity index (χ4v) is 4.90. The minimum absolute atomic E-state index is 0.375. The van der Waals surface area contributed by atoms with Gasteiger partial charge in [0.1, 0.15) is 0 Å². The van der Waals surface area contributed by atoms with Crippen LogP contribution in [-0.2, 0) is 11.3 Å². The minimum Gasteiger partial charge on any atom is -0.379 e. The molecule has 4 rings (SSSR count). The molecule has 0 unspecified atom stereocenters. The smallest absolute Gasteiger partial charge is 0.0593 e. The summed E-state index contributed by atoms with van der Waals surface area (Å²) in [6.07, 6.45) is 5.57. The van der Waals surface area contributed by atoms with Gasteiger partial charge in [-0.25, -0.2) is 0 Å². The summed E-state index contributed by atoms with van der Waals surface area (Å²) in [6, 6.07) is 2.27. The van der Waals surface area contributed by atoms with Crippen molar-refractivity contribution in [2.75, 3.05) is 45.9 Å². The van der Waals surface area contributed by atoms with E-state index in [4.69, 9.17) is 4.74 Å². The lowest BCUT2D eigenvalue weighted by Gasteiger charge is -2.43. The van der Waals surface area contributed by atoms with Gasteiger partial charge in [0.2, 0.25) is 0 Å². The van der Waals surface area contributed by atoms with Crippen LogP contribution in [0, 0.1) is 11.3 Å². The maximum Gasteiger partial charge on any atom is 0.0593 e. The van der Waals surface area contributed by atoms with Crippen molar-refractivity contribution in [2.45, 2.75) is 32.2 Å². The first-order valence-corrected chi connectivity index (χ1v) is 9.79. The molecular weight excluding hydrogens is 292 g/mol. The van der Waals surface area contributed by atoms with E-state index in [0.29, 0.717) is 5.41 Å². The zero-order chi connectivity index (χ0) is 14.8. The molecule has 1 aromatic heterocycles. The van der Waals surface area contributed by atoms with Gasteiger partial charge < -0.3 is 9.64 Å². The third-order valence-corrected chi connectivity index (χ3v) is 6.19. The summed E-state index contributed by atoms with van der Waals surface area (Å²) in [6.45, 7) is 9.19. The van der Waals surface area contributed by atoms with E-state index in [2.05, 4.69) is 26.6 Å². The Morgan fingerprint density at radius 2 is 2.14 bits per heavy atom. The Balaban J connectivity index is 1.41. The SMILES string of the molecule is c1cc(CN2CCC[C@]3(COCCN(CC4CC4)C3)C2)cs1. The summed E-state index contributed by atoms with van der Waals surface area (Å²) in [5.41, 5.74) is 1.85. The number of nitrogens with zero attached hydrogens (tertiary/aromatic N) is 2.